The molecule has 0 unspecified atom stereocenters. The molecule has 2 heterocycles. The van der Waals surface area contributed by atoms with E-state index in [2.05, 4.69) is 26.8 Å². The van der Waals surface area contributed by atoms with Gasteiger partial charge in [-0.05, 0) is 31.2 Å². The van der Waals surface area contributed by atoms with Crippen LogP contribution in [0.15, 0.2) is 47.5 Å². The second-order valence-electron chi connectivity index (χ2n) is 5.91. The molecule has 0 amide bonds. The Morgan fingerprint density at radius 2 is 1.67 bits per heavy atom. The fourth-order valence-electron chi connectivity index (χ4n) is 2.43. The molecule has 7 nitrogen and oxygen atoms in total. The van der Waals surface area contributed by atoms with Crippen LogP contribution >= 0.6 is 0 Å². The van der Waals surface area contributed by atoms with E-state index in [1.807, 2.05) is 0 Å². The summed E-state index contributed by atoms with van der Waals surface area (Å²) in [7, 11) is -3.28. The van der Waals surface area contributed by atoms with Gasteiger partial charge in [0.05, 0.1) is 21.8 Å². The molecule has 0 aliphatic heterocycles. The van der Waals surface area contributed by atoms with Gasteiger partial charge in [-0.2, -0.15) is 0 Å². The van der Waals surface area contributed by atoms with Crippen LogP contribution in [0.3, 0.4) is 0 Å². The summed E-state index contributed by atoms with van der Waals surface area (Å²) in [5.74, 6) is 6.60. The summed E-state index contributed by atoms with van der Waals surface area (Å²) < 4.78 is 23.3. The normalized spacial score (nSPS) is 10.9. The Hall–Kier alpha value is -3.44. The Morgan fingerprint density at radius 3 is 2.26 bits per heavy atom. The Balaban J connectivity index is 2.10. The first-order chi connectivity index (χ1) is 12.7. The van der Waals surface area contributed by atoms with E-state index in [9.17, 15) is 8.42 Å². The van der Waals surface area contributed by atoms with Crippen LogP contribution in [-0.4, -0.2) is 29.6 Å². The van der Waals surface area contributed by atoms with Crippen LogP contribution in [0.5, 0.6) is 0 Å². The van der Waals surface area contributed by atoms with Crippen molar-refractivity contribution >= 4 is 21.6 Å². The Labute approximate surface area is 157 Å². The van der Waals surface area contributed by atoms with Gasteiger partial charge in [-0.15, -0.1) is 0 Å². The molecule has 0 radical (unpaired) electrons. The summed E-state index contributed by atoms with van der Waals surface area (Å²) in [4.78, 5) is 12.7. The zero-order chi connectivity index (χ0) is 19.6. The predicted octanol–water partition coefficient (Wildman–Crippen LogP) is 1.81. The fraction of sp³-hybridized carbons (Fsp3) is 0.105. The number of hydrogen-bond acceptors (Lipinski definition) is 7. The van der Waals surface area contributed by atoms with Crippen LogP contribution in [0.4, 0.5) is 11.8 Å². The highest BCUT2D eigenvalue weighted by molar-refractivity contribution is 7.90. The first kappa shape index (κ1) is 18.4. The summed E-state index contributed by atoms with van der Waals surface area (Å²) in [5.41, 5.74) is 14.5. The molecule has 0 spiro atoms. The molecule has 136 valence electrons. The van der Waals surface area contributed by atoms with E-state index in [-0.39, 0.29) is 10.8 Å². The average Bonchev–Trinajstić information content (AvgIpc) is 2.61. The summed E-state index contributed by atoms with van der Waals surface area (Å²) >= 11 is 0. The topological polar surface area (TPSA) is 125 Å². The van der Waals surface area contributed by atoms with E-state index in [0.29, 0.717) is 33.9 Å². The van der Waals surface area contributed by atoms with Crippen molar-refractivity contribution in [3.63, 3.8) is 0 Å². The number of nitrogens with two attached hydrogens (primary N) is 2. The highest BCUT2D eigenvalue weighted by atomic mass is 32.2. The zero-order valence-corrected chi connectivity index (χ0v) is 15.6. The Morgan fingerprint density at radius 1 is 0.963 bits per heavy atom. The van der Waals surface area contributed by atoms with Gasteiger partial charge in [-0.25, -0.2) is 23.4 Å². The van der Waals surface area contributed by atoms with Gasteiger partial charge in [0.1, 0.15) is 5.82 Å². The molecule has 0 aliphatic carbocycles. The van der Waals surface area contributed by atoms with Gasteiger partial charge in [-0.3, -0.25) is 0 Å². The summed E-state index contributed by atoms with van der Waals surface area (Å²) in [6.45, 7) is 1.79. The van der Waals surface area contributed by atoms with Gasteiger partial charge in [0, 0.05) is 23.6 Å². The number of nitrogens with zero attached hydrogens (tertiary/aromatic N) is 3. The molecular weight excluding hydrogens is 362 g/mol. The van der Waals surface area contributed by atoms with Gasteiger partial charge in [0.2, 0.25) is 5.95 Å². The van der Waals surface area contributed by atoms with Crippen LogP contribution in [0.2, 0.25) is 0 Å². The van der Waals surface area contributed by atoms with E-state index in [1.165, 1.54) is 12.1 Å². The maximum absolute atomic E-state index is 11.7. The Bertz CT molecular complexity index is 1160. The predicted molar refractivity (Wildman–Crippen MR) is 104 cm³/mol. The van der Waals surface area contributed by atoms with Gasteiger partial charge in [-0.1, -0.05) is 24.0 Å². The number of sulfone groups is 1. The molecule has 8 heteroatoms. The first-order valence-corrected chi connectivity index (χ1v) is 9.81. The van der Waals surface area contributed by atoms with Crippen molar-refractivity contribution in [1.29, 1.82) is 0 Å². The lowest BCUT2D eigenvalue weighted by Crippen LogP contribution is -2.03. The standard InChI is InChI=1S/C19H17N5O2S/c1-12-16(9-3-13-4-10-17(20)22-11-13)18(24-19(21)23-12)14-5-7-15(8-6-14)27(2,25)26/h4-8,10-11H,1-2H3,(H2,20,22)(H2,21,23,24). The molecular formula is C19H17N5O2S. The molecule has 0 bridgehead atoms. The minimum absolute atomic E-state index is 0.120. The van der Waals surface area contributed by atoms with E-state index in [0.717, 1.165) is 6.26 Å². The molecule has 0 aliphatic rings. The lowest BCUT2D eigenvalue weighted by molar-refractivity contribution is 0.602. The molecule has 27 heavy (non-hydrogen) atoms. The smallest absolute Gasteiger partial charge is 0.220 e. The van der Waals surface area contributed by atoms with Crippen molar-refractivity contribution in [1.82, 2.24) is 15.0 Å². The van der Waals surface area contributed by atoms with E-state index < -0.39 is 9.84 Å². The third kappa shape index (κ3) is 4.22. The molecule has 3 aromatic rings. The van der Waals surface area contributed by atoms with Crippen molar-refractivity contribution in [3.05, 3.63) is 59.4 Å². The second kappa shape index (κ2) is 7.05. The zero-order valence-electron chi connectivity index (χ0n) is 14.8. The fourth-order valence-corrected chi connectivity index (χ4v) is 3.06. The molecule has 1 aromatic carbocycles. The molecule has 0 atom stereocenters. The average molecular weight is 379 g/mol. The Kier molecular flexibility index (Phi) is 4.79. The first-order valence-electron chi connectivity index (χ1n) is 7.92. The number of aryl methyl sites for hydroxylation is 1. The van der Waals surface area contributed by atoms with E-state index in [4.69, 9.17) is 11.5 Å². The van der Waals surface area contributed by atoms with Crippen molar-refractivity contribution in [2.24, 2.45) is 0 Å². The number of nitrogen functional groups attached to an aromatic ring is 2. The highest BCUT2D eigenvalue weighted by Gasteiger charge is 2.13. The van der Waals surface area contributed by atoms with Crippen LogP contribution in [0, 0.1) is 18.8 Å². The minimum Gasteiger partial charge on any atom is -0.384 e. The van der Waals surface area contributed by atoms with Crippen LogP contribution in [-0.2, 0) is 9.84 Å². The van der Waals surface area contributed by atoms with Crippen LogP contribution < -0.4 is 11.5 Å². The number of pyridine rings is 1. The third-order valence-electron chi connectivity index (χ3n) is 3.78. The third-order valence-corrected chi connectivity index (χ3v) is 4.91. The molecule has 0 fully saturated rings. The summed E-state index contributed by atoms with van der Waals surface area (Å²) in [6.07, 6.45) is 2.74. The van der Waals surface area contributed by atoms with Crippen LogP contribution in [0.1, 0.15) is 16.8 Å². The van der Waals surface area contributed by atoms with Crippen molar-refractivity contribution in [3.8, 4) is 23.1 Å². The second-order valence-corrected chi connectivity index (χ2v) is 7.92. The van der Waals surface area contributed by atoms with Crippen molar-refractivity contribution < 1.29 is 8.42 Å². The number of aromatic nitrogens is 3. The monoisotopic (exact) mass is 379 g/mol. The quantitative estimate of drug-likeness (QED) is 0.651. The molecule has 0 saturated carbocycles. The highest BCUT2D eigenvalue weighted by Crippen LogP contribution is 2.25. The lowest BCUT2D eigenvalue weighted by atomic mass is 10.0. The largest absolute Gasteiger partial charge is 0.384 e. The molecule has 4 N–H and O–H groups in total. The van der Waals surface area contributed by atoms with Gasteiger partial charge >= 0.3 is 0 Å². The summed E-state index contributed by atoms with van der Waals surface area (Å²) in [5, 5.41) is 0. The van der Waals surface area contributed by atoms with Gasteiger partial charge in [0.15, 0.2) is 9.84 Å². The molecule has 0 saturated heterocycles. The SMILES string of the molecule is Cc1nc(N)nc(-c2ccc(S(C)(=O)=O)cc2)c1C#Cc1ccc(N)nc1. The van der Waals surface area contributed by atoms with Crippen molar-refractivity contribution in [2.45, 2.75) is 11.8 Å². The van der Waals surface area contributed by atoms with E-state index >= 15 is 0 Å². The van der Waals surface area contributed by atoms with Crippen molar-refractivity contribution in [2.75, 3.05) is 17.7 Å². The minimum atomic E-state index is -3.28. The van der Waals surface area contributed by atoms with E-state index in [1.54, 1.807) is 37.4 Å². The maximum atomic E-state index is 11.7. The number of benzene rings is 1. The van der Waals surface area contributed by atoms with Crippen LogP contribution in [0.25, 0.3) is 11.3 Å². The van der Waals surface area contributed by atoms with Gasteiger partial charge in [0.25, 0.3) is 0 Å². The summed E-state index contributed by atoms with van der Waals surface area (Å²) in [6, 6.07) is 9.84. The lowest BCUT2D eigenvalue weighted by Gasteiger charge is -2.08. The number of rotatable bonds is 2. The van der Waals surface area contributed by atoms with Gasteiger partial charge < -0.3 is 11.5 Å². The molecule has 2 aromatic heterocycles. The maximum Gasteiger partial charge on any atom is 0.220 e. The number of anilines is 2. The molecule has 3 rings (SSSR count). The number of hydrogen-bond donors (Lipinski definition) is 2.